The van der Waals surface area contributed by atoms with Crippen LogP contribution >= 0.6 is 23.5 Å². The molecular weight excluding hydrogens is 408 g/mol. The Morgan fingerprint density at radius 2 is 2.10 bits per heavy atom. The van der Waals surface area contributed by atoms with Crippen LogP contribution in [0, 0.1) is 5.92 Å². The summed E-state index contributed by atoms with van der Waals surface area (Å²) in [7, 11) is 2.31. The quantitative estimate of drug-likeness (QED) is 0.534. The number of hydrogen-bond donors (Lipinski definition) is 1. The van der Waals surface area contributed by atoms with Crippen LogP contribution in [-0.2, 0) is 16.1 Å². The first-order valence-electron chi connectivity index (χ1n) is 10.2. The van der Waals surface area contributed by atoms with Gasteiger partial charge in [0, 0.05) is 10.5 Å². The number of nitrogens with zero attached hydrogens (tertiary/aromatic N) is 2. The molecule has 29 heavy (non-hydrogen) atoms. The first kappa shape index (κ1) is 21.0. The number of piperidine rings is 1. The van der Waals surface area contributed by atoms with Crippen molar-refractivity contribution >= 4 is 35.4 Å². The van der Waals surface area contributed by atoms with E-state index < -0.39 is 24.0 Å². The molecule has 6 nitrogen and oxygen atoms in total. The van der Waals surface area contributed by atoms with Crippen molar-refractivity contribution < 1.29 is 24.3 Å². The van der Waals surface area contributed by atoms with Crippen molar-refractivity contribution in [1.29, 1.82) is 0 Å². The summed E-state index contributed by atoms with van der Waals surface area (Å²) >= 11 is 2.94. The fourth-order valence-electron chi connectivity index (χ4n) is 4.79. The van der Waals surface area contributed by atoms with E-state index in [4.69, 9.17) is 0 Å². The maximum Gasteiger partial charge on any atom is 0.232 e. The maximum absolute atomic E-state index is 12.4. The van der Waals surface area contributed by atoms with E-state index in [1.807, 2.05) is 12.1 Å². The molecule has 1 amide bonds. The number of rotatable bonds is 6. The van der Waals surface area contributed by atoms with Gasteiger partial charge >= 0.3 is 0 Å². The minimum absolute atomic E-state index is 0.286. The molecular formula is C21H28N2O4S2. The summed E-state index contributed by atoms with van der Waals surface area (Å²) in [5.74, 6) is -2.04. The van der Waals surface area contributed by atoms with Crippen molar-refractivity contribution in [1.82, 2.24) is 4.90 Å². The number of benzene rings is 1. The molecule has 8 heteroatoms. The van der Waals surface area contributed by atoms with Crippen molar-refractivity contribution in [3.63, 3.8) is 0 Å². The second-order valence-electron chi connectivity index (χ2n) is 8.72. The molecule has 5 atom stereocenters. The van der Waals surface area contributed by atoms with Gasteiger partial charge in [-0.1, -0.05) is 12.1 Å². The van der Waals surface area contributed by atoms with Crippen LogP contribution in [0.4, 0.5) is 0 Å². The lowest BCUT2D eigenvalue weighted by Gasteiger charge is -2.45. The van der Waals surface area contributed by atoms with Crippen molar-refractivity contribution in [2.24, 2.45) is 5.92 Å². The van der Waals surface area contributed by atoms with Gasteiger partial charge in [0.1, 0.15) is 6.54 Å². The molecule has 3 heterocycles. The monoisotopic (exact) mass is 436 g/mol. The van der Waals surface area contributed by atoms with Gasteiger partial charge in [0.05, 0.1) is 54.1 Å². The van der Waals surface area contributed by atoms with Crippen LogP contribution in [0.3, 0.4) is 0 Å². The number of carbonyl (C=O) groups excluding carboxylic acids is 2. The molecule has 0 radical (unpaired) electrons. The Bertz CT molecular complexity index is 797. The summed E-state index contributed by atoms with van der Waals surface area (Å²) in [4.78, 5) is 26.5. The van der Waals surface area contributed by atoms with Crippen molar-refractivity contribution in [3.8, 4) is 0 Å². The van der Waals surface area contributed by atoms with Crippen LogP contribution in [0.2, 0.25) is 0 Å². The minimum Gasteiger partial charge on any atom is -0.548 e. The maximum atomic E-state index is 12.4. The first-order valence-corrected chi connectivity index (χ1v) is 12.1. The van der Waals surface area contributed by atoms with Crippen molar-refractivity contribution in [2.45, 2.75) is 59.7 Å². The molecule has 3 aliphatic rings. The summed E-state index contributed by atoms with van der Waals surface area (Å²) in [5, 5.41) is 21.4. The lowest BCUT2D eigenvalue weighted by atomic mass is 9.91. The van der Waals surface area contributed by atoms with Crippen molar-refractivity contribution in [2.75, 3.05) is 20.1 Å². The summed E-state index contributed by atoms with van der Waals surface area (Å²) in [6, 6.07) is 7.35. The van der Waals surface area contributed by atoms with E-state index >= 15 is 0 Å². The predicted octanol–water partition coefficient (Wildman–Crippen LogP) is 1.27. The first-order chi connectivity index (χ1) is 13.8. The third-order valence-corrected chi connectivity index (χ3v) is 9.29. The molecule has 0 saturated carbocycles. The Morgan fingerprint density at radius 1 is 1.38 bits per heavy atom. The van der Waals surface area contributed by atoms with Gasteiger partial charge in [0.15, 0.2) is 0 Å². The zero-order chi connectivity index (χ0) is 20.8. The van der Waals surface area contributed by atoms with Crippen LogP contribution in [0.25, 0.3) is 0 Å². The average Bonchev–Trinajstić information content (AvgIpc) is 2.96. The highest BCUT2D eigenvalue weighted by Crippen LogP contribution is 2.53. The van der Waals surface area contributed by atoms with Gasteiger partial charge in [-0.3, -0.25) is 4.79 Å². The molecule has 3 aliphatic heterocycles. The average molecular weight is 437 g/mol. The number of amides is 1. The number of fused-ring (bicyclic) bond motifs is 1. The Kier molecular flexibility index (Phi) is 5.90. The van der Waals surface area contributed by atoms with Crippen LogP contribution < -0.4 is 5.11 Å². The minimum atomic E-state index is -1.22. The third-order valence-electron chi connectivity index (χ3n) is 6.32. The molecule has 0 aromatic heterocycles. The fraction of sp³-hybridized carbons (Fsp3) is 0.619. The molecule has 3 saturated heterocycles. The zero-order valence-electron chi connectivity index (χ0n) is 16.8. The number of likely N-dealkylation sites (tertiary alicyclic amines) is 1. The number of aliphatic hydroxyl groups is 1. The van der Waals surface area contributed by atoms with E-state index in [1.54, 1.807) is 6.92 Å². The number of quaternary nitrogens is 1. The Balaban J connectivity index is 1.48. The molecule has 0 aliphatic carbocycles. The number of hydrogen-bond acceptors (Lipinski definition) is 6. The molecule has 4 rings (SSSR count). The summed E-state index contributed by atoms with van der Waals surface area (Å²) in [6.45, 7) is 4.96. The van der Waals surface area contributed by atoms with Crippen LogP contribution in [0.5, 0.6) is 0 Å². The lowest BCUT2D eigenvalue weighted by Crippen LogP contribution is -2.65. The zero-order valence-corrected chi connectivity index (χ0v) is 18.5. The standard InChI is InChI=1S/C21H28N2O4S2/c1-13(24)16-18(25)22-17(20(26)27)21(29-19(16)22)28-15-8-6-7-14(11-15)12-23(2)9-4-3-5-10-23/h6-8,11,13,16-17,19,21,24H,3-5,9-10,12H2,1-2H3/t13-,16+,17?,19-,21?/m1/s1. The van der Waals surface area contributed by atoms with Gasteiger partial charge in [0.2, 0.25) is 5.91 Å². The van der Waals surface area contributed by atoms with Crippen LogP contribution in [0.15, 0.2) is 29.2 Å². The molecule has 2 unspecified atom stereocenters. The topological polar surface area (TPSA) is 80.7 Å². The smallest absolute Gasteiger partial charge is 0.232 e. The summed E-state index contributed by atoms with van der Waals surface area (Å²) in [5.41, 5.74) is 1.26. The largest absolute Gasteiger partial charge is 0.548 e. The van der Waals surface area contributed by atoms with Gasteiger partial charge in [-0.25, -0.2) is 0 Å². The predicted molar refractivity (Wildman–Crippen MR) is 112 cm³/mol. The van der Waals surface area contributed by atoms with Gasteiger partial charge in [-0.2, -0.15) is 0 Å². The third kappa shape index (κ3) is 4.04. The Morgan fingerprint density at radius 3 is 2.76 bits per heavy atom. The van der Waals surface area contributed by atoms with E-state index in [-0.39, 0.29) is 15.9 Å². The normalized spacial score (nSPS) is 31.8. The number of carboxylic acids is 1. The summed E-state index contributed by atoms with van der Waals surface area (Å²) < 4.78 is 0.710. The molecule has 0 bridgehead atoms. The second kappa shape index (κ2) is 8.13. The van der Waals surface area contributed by atoms with E-state index in [2.05, 4.69) is 19.2 Å². The number of β-lactam (4-membered cyclic amide) rings is 1. The second-order valence-corrected chi connectivity index (χ2v) is 11.5. The fourth-order valence-corrected chi connectivity index (χ4v) is 8.24. The molecule has 1 aromatic carbocycles. The van der Waals surface area contributed by atoms with E-state index in [0.29, 0.717) is 0 Å². The van der Waals surface area contributed by atoms with Gasteiger partial charge < -0.3 is 24.4 Å². The molecule has 3 fully saturated rings. The SMILES string of the molecule is C[C@@H](O)[C@H]1C(=O)N2C(C(=O)[O-])C(Sc3cccc(C[N+]4(C)CCCCC4)c3)S[C@H]12. The number of aliphatic hydroxyl groups excluding tert-OH is 1. The lowest BCUT2D eigenvalue weighted by molar-refractivity contribution is -0.926. The molecule has 1 aromatic rings. The summed E-state index contributed by atoms with van der Waals surface area (Å²) in [6.07, 6.45) is 3.08. The van der Waals surface area contributed by atoms with E-state index in [9.17, 15) is 19.8 Å². The number of carbonyl (C=O) groups is 2. The van der Waals surface area contributed by atoms with Gasteiger partial charge in [0.25, 0.3) is 0 Å². The number of aliphatic carboxylic acids is 1. The number of carboxylic acid groups (broad SMARTS) is 1. The van der Waals surface area contributed by atoms with Crippen LogP contribution in [0.1, 0.15) is 31.7 Å². The van der Waals surface area contributed by atoms with E-state index in [0.717, 1.165) is 15.9 Å². The highest BCUT2D eigenvalue weighted by atomic mass is 32.2. The van der Waals surface area contributed by atoms with Gasteiger partial charge in [-0.05, 0) is 38.3 Å². The number of thioether (sulfide) groups is 2. The molecule has 158 valence electrons. The highest BCUT2D eigenvalue weighted by Gasteiger charge is 2.60. The molecule has 1 N–H and O–H groups in total. The van der Waals surface area contributed by atoms with Gasteiger partial charge in [-0.15, -0.1) is 23.5 Å². The van der Waals surface area contributed by atoms with E-state index in [1.165, 1.54) is 66.3 Å². The Labute approximate surface area is 180 Å². The van der Waals surface area contributed by atoms with Crippen LogP contribution in [-0.4, -0.2) is 68.6 Å². The highest BCUT2D eigenvalue weighted by molar-refractivity contribution is 8.17. The van der Waals surface area contributed by atoms with Crippen molar-refractivity contribution in [3.05, 3.63) is 29.8 Å². The Hall–Kier alpha value is -1.22. The molecule has 0 spiro atoms.